The van der Waals surface area contributed by atoms with Crippen molar-refractivity contribution in [3.05, 3.63) is 49.7 Å². The SMILES string of the molecule is O=C(O)c1sc(Cl)cc1-c1ccc([N+](=O)[O-])cc1. The summed E-state index contributed by atoms with van der Waals surface area (Å²) < 4.78 is 0.362. The molecule has 1 aromatic heterocycles. The van der Waals surface area contributed by atoms with E-state index in [9.17, 15) is 14.9 Å². The summed E-state index contributed by atoms with van der Waals surface area (Å²) in [6.07, 6.45) is 0. The molecule has 0 atom stereocenters. The Morgan fingerprint density at radius 3 is 2.44 bits per heavy atom. The molecule has 2 rings (SSSR count). The summed E-state index contributed by atoms with van der Waals surface area (Å²) in [6, 6.07) is 7.20. The summed E-state index contributed by atoms with van der Waals surface area (Å²) in [5, 5.41) is 19.5. The number of nitro benzene ring substituents is 1. The third-order valence-corrected chi connectivity index (χ3v) is 3.54. The molecule has 5 nitrogen and oxygen atoms in total. The molecule has 92 valence electrons. The van der Waals surface area contributed by atoms with E-state index in [-0.39, 0.29) is 10.6 Å². The third-order valence-electron chi connectivity index (χ3n) is 2.29. The van der Waals surface area contributed by atoms with Crippen LogP contribution in [-0.2, 0) is 0 Å². The highest BCUT2D eigenvalue weighted by molar-refractivity contribution is 7.18. The fourth-order valence-corrected chi connectivity index (χ4v) is 2.58. The Balaban J connectivity index is 2.48. The Labute approximate surface area is 110 Å². The molecule has 0 amide bonds. The lowest BCUT2D eigenvalue weighted by Crippen LogP contribution is -1.94. The lowest BCUT2D eigenvalue weighted by molar-refractivity contribution is -0.384. The number of rotatable bonds is 3. The summed E-state index contributed by atoms with van der Waals surface area (Å²) in [7, 11) is 0. The minimum Gasteiger partial charge on any atom is -0.477 e. The zero-order valence-corrected chi connectivity index (χ0v) is 10.4. The molecule has 0 aliphatic heterocycles. The van der Waals surface area contributed by atoms with Crippen molar-refractivity contribution < 1.29 is 14.8 Å². The van der Waals surface area contributed by atoms with Crippen LogP contribution in [0.1, 0.15) is 9.67 Å². The van der Waals surface area contributed by atoms with Gasteiger partial charge in [-0.25, -0.2) is 4.79 Å². The molecule has 0 aliphatic rings. The molecule has 7 heteroatoms. The van der Waals surface area contributed by atoms with Crippen molar-refractivity contribution in [1.29, 1.82) is 0 Å². The first-order chi connectivity index (χ1) is 8.49. The van der Waals surface area contributed by atoms with Gasteiger partial charge in [-0.05, 0) is 23.8 Å². The Bertz CT molecular complexity index is 620. The van der Waals surface area contributed by atoms with Crippen molar-refractivity contribution in [2.45, 2.75) is 0 Å². The van der Waals surface area contributed by atoms with E-state index in [0.29, 0.717) is 15.5 Å². The Hall–Kier alpha value is -1.92. The molecule has 18 heavy (non-hydrogen) atoms. The van der Waals surface area contributed by atoms with Crippen molar-refractivity contribution in [2.24, 2.45) is 0 Å². The quantitative estimate of drug-likeness (QED) is 0.688. The second kappa shape index (κ2) is 4.75. The molecule has 1 N–H and O–H groups in total. The van der Waals surface area contributed by atoms with E-state index in [1.165, 1.54) is 30.3 Å². The van der Waals surface area contributed by atoms with Crippen molar-refractivity contribution in [3.63, 3.8) is 0 Å². The van der Waals surface area contributed by atoms with Crippen LogP contribution in [0.2, 0.25) is 4.34 Å². The fourth-order valence-electron chi connectivity index (χ4n) is 1.50. The molecule has 0 radical (unpaired) electrons. The number of nitro groups is 1. The van der Waals surface area contributed by atoms with E-state index < -0.39 is 10.9 Å². The van der Waals surface area contributed by atoms with Crippen molar-refractivity contribution in [2.75, 3.05) is 0 Å². The second-order valence-electron chi connectivity index (χ2n) is 3.40. The third kappa shape index (κ3) is 2.34. The van der Waals surface area contributed by atoms with Gasteiger partial charge in [-0.2, -0.15) is 0 Å². The van der Waals surface area contributed by atoms with E-state index in [1.807, 2.05) is 0 Å². The number of carbonyl (C=O) groups is 1. The number of hydrogen-bond acceptors (Lipinski definition) is 4. The van der Waals surface area contributed by atoms with Gasteiger partial charge >= 0.3 is 5.97 Å². The Morgan fingerprint density at radius 1 is 1.33 bits per heavy atom. The van der Waals surface area contributed by atoms with Crippen LogP contribution < -0.4 is 0 Å². The summed E-state index contributed by atoms with van der Waals surface area (Å²) in [4.78, 5) is 21.2. The highest BCUT2D eigenvalue weighted by Gasteiger charge is 2.16. The Morgan fingerprint density at radius 2 is 1.94 bits per heavy atom. The normalized spacial score (nSPS) is 10.3. The van der Waals surface area contributed by atoms with Gasteiger partial charge in [-0.3, -0.25) is 10.1 Å². The van der Waals surface area contributed by atoms with Gasteiger partial charge in [-0.1, -0.05) is 11.6 Å². The van der Waals surface area contributed by atoms with Crippen LogP contribution in [0.3, 0.4) is 0 Å². The van der Waals surface area contributed by atoms with E-state index in [2.05, 4.69) is 0 Å². The highest BCUT2D eigenvalue weighted by Crippen LogP contribution is 2.35. The number of carboxylic acids is 1. The van der Waals surface area contributed by atoms with Gasteiger partial charge in [0.15, 0.2) is 0 Å². The summed E-state index contributed by atoms with van der Waals surface area (Å²) in [6.45, 7) is 0. The zero-order chi connectivity index (χ0) is 13.3. The van der Waals surface area contributed by atoms with Gasteiger partial charge in [-0.15, -0.1) is 11.3 Å². The summed E-state index contributed by atoms with van der Waals surface area (Å²) >= 11 is 6.75. The Kier molecular flexibility index (Phi) is 3.31. The van der Waals surface area contributed by atoms with Gasteiger partial charge in [0.1, 0.15) is 4.88 Å². The molecule has 0 bridgehead atoms. The molecule has 0 saturated heterocycles. The lowest BCUT2D eigenvalue weighted by atomic mass is 10.1. The van der Waals surface area contributed by atoms with Crippen LogP contribution in [-0.4, -0.2) is 16.0 Å². The number of hydrogen-bond donors (Lipinski definition) is 1. The van der Waals surface area contributed by atoms with Crippen molar-refractivity contribution >= 4 is 34.6 Å². The predicted molar refractivity (Wildman–Crippen MR) is 68.4 cm³/mol. The molecule has 2 aromatic rings. The van der Waals surface area contributed by atoms with Crippen molar-refractivity contribution in [3.8, 4) is 11.1 Å². The van der Waals surface area contributed by atoms with Crippen LogP contribution in [0.15, 0.2) is 30.3 Å². The first-order valence-corrected chi connectivity index (χ1v) is 5.96. The molecule has 0 aliphatic carbocycles. The minimum absolute atomic E-state index is 0.0445. The van der Waals surface area contributed by atoms with Crippen LogP contribution in [0.25, 0.3) is 11.1 Å². The molecule has 0 saturated carbocycles. The fraction of sp³-hybridized carbons (Fsp3) is 0. The number of thiophene rings is 1. The van der Waals surface area contributed by atoms with E-state index in [1.54, 1.807) is 0 Å². The molecular formula is C11H6ClNO4S. The number of benzene rings is 1. The van der Waals surface area contributed by atoms with Gasteiger partial charge < -0.3 is 5.11 Å². The maximum Gasteiger partial charge on any atom is 0.346 e. The number of halogens is 1. The number of aromatic carboxylic acids is 1. The summed E-state index contributed by atoms with van der Waals surface area (Å²) in [5.41, 5.74) is 1.01. The number of carboxylic acid groups (broad SMARTS) is 1. The second-order valence-corrected chi connectivity index (χ2v) is 5.09. The van der Waals surface area contributed by atoms with Crippen molar-refractivity contribution in [1.82, 2.24) is 0 Å². The molecule has 1 heterocycles. The molecule has 0 unspecified atom stereocenters. The molecular weight excluding hydrogens is 278 g/mol. The molecule has 1 aromatic carbocycles. The first-order valence-electron chi connectivity index (χ1n) is 4.76. The average Bonchev–Trinajstić information content (AvgIpc) is 2.71. The molecule has 0 spiro atoms. The largest absolute Gasteiger partial charge is 0.477 e. The van der Waals surface area contributed by atoms with E-state index >= 15 is 0 Å². The zero-order valence-electron chi connectivity index (χ0n) is 8.79. The smallest absolute Gasteiger partial charge is 0.346 e. The molecule has 0 fully saturated rings. The predicted octanol–water partition coefficient (Wildman–Crippen LogP) is 3.67. The standard InChI is InChI=1S/C11H6ClNO4S/c12-9-5-8(10(18-9)11(14)15)6-1-3-7(4-2-6)13(16)17/h1-5H,(H,14,15). The first kappa shape index (κ1) is 12.5. The van der Waals surface area contributed by atoms with Gasteiger partial charge in [0.25, 0.3) is 5.69 Å². The van der Waals surface area contributed by atoms with Gasteiger partial charge in [0, 0.05) is 17.7 Å². The van der Waals surface area contributed by atoms with Crippen LogP contribution in [0.4, 0.5) is 5.69 Å². The minimum atomic E-state index is -1.07. The van der Waals surface area contributed by atoms with Crippen LogP contribution in [0, 0.1) is 10.1 Å². The topological polar surface area (TPSA) is 80.4 Å². The number of non-ortho nitro benzene ring substituents is 1. The maximum absolute atomic E-state index is 11.0. The lowest BCUT2D eigenvalue weighted by Gasteiger charge is -1.99. The van der Waals surface area contributed by atoms with Gasteiger partial charge in [0.05, 0.1) is 9.26 Å². The monoisotopic (exact) mass is 283 g/mol. The van der Waals surface area contributed by atoms with Gasteiger partial charge in [0.2, 0.25) is 0 Å². The maximum atomic E-state index is 11.0. The van der Waals surface area contributed by atoms with Crippen LogP contribution >= 0.6 is 22.9 Å². The average molecular weight is 284 g/mol. The van der Waals surface area contributed by atoms with Crippen LogP contribution in [0.5, 0.6) is 0 Å². The summed E-state index contributed by atoms with van der Waals surface area (Å²) in [5.74, 6) is -1.07. The number of nitrogens with zero attached hydrogens (tertiary/aromatic N) is 1. The van der Waals surface area contributed by atoms with E-state index in [0.717, 1.165) is 11.3 Å². The highest BCUT2D eigenvalue weighted by atomic mass is 35.5. The van der Waals surface area contributed by atoms with E-state index in [4.69, 9.17) is 16.7 Å².